The second-order valence-corrected chi connectivity index (χ2v) is 10.0. The van der Waals surface area contributed by atoms with Crippen LogP contribution in [0, 0.1) is 0 Å². The van der Waals surface area contributed by atoms with Crippen LogP contribution in [0.4, 0.5) is 5.69 Å². The number of hydrogen-bond donors (Lipinski definition) is 2. The molecule has 0 spiro atoms. The Kier molecular flexibility index (Phi) is 5.58. The number of aryl methyl sites for hydroxylation is 1. The topological polar surface area (TPSA) is 52.6 Å². The van der Waals surface area contributed by atoms with Gasteiger partial charge in [0.05, 0.1) is 11.0 Å². The molecule has 1 atom stereocenters. The van der Waals surface area contributed by atoms with Gasteiger partial charge in [-0.25, -0.2) is 0 Å². The summed E-state index contributed by atoms with van der Waals surface area (Å²) in [5.41, 5.74) is 3.61. The minimum atomic E-state index is -0.746. The van der Waals surface area contributed by atoms with E-state index in [-0.39, 0.29) is 11.3 Å². The lowest BCUT2D eigenvalue weighted by Gasteiger charge is -2.39. The van der Waals surface area contributed by atoms with Crippen molar-refractivity contribution in [2.45, 2.75) is 62.4 Å². The zero-order valence-electron chi connectivity index (χ0n) is 18.0. The first-order chi connectivity index (χ1) is 15.0. The van der Waals surface area contributed by atoms with Gasteiger partial charge in [0.25, 0.3) is 0 Å². The van der Waals surface area contributed by atoms with Gasteiger partial charge >= 0.3 is 0 Å². The van der Waals surface area contributed by atoms with Gasteiger partial charge in [0.1, 0.15) is 0 Å². The van der Waals surface area contributed by atoms with Crippen LogP contribution >= 0.6 is 11.6 Å². The molecule has 1 saturated heterocycles. The normalized spacial score (nSPS) is 24.6. The summed E-state index contributed by atoms with van der Waals surface area (Å²) in [5, 5.41) is 14.9. The highest BCUT2D eigenvalue weighted by Crippen LogP contribution is 2.49. The summed E-state index contributed by atoms with van der Waals surface area (Å²) in [6, 6.07) is 13.9. The van der Waals surface area contributed by atoms with Gasteiger partial charge in [-0.1, -0.05) is 42.3 Å². The van der Waals surface area contributed by atoms with E-state index in [4.69, 9.17) is 11.6 Å². The highest BCUT2D eigenvalue weighted by atomic mass is 35.5. The predicted molar refractivity (Wildman–Crippen MR) is 125 cm³/mol. The summed E-state index contributed by atoms with van der Waals surface area (Å²) in [7, 11) is 0. The summed E-state index contributed by atoms with van der Waals surface area (Å²) >= 11 is 5.99. The van der Waals surface area contributed by atoms with Crippen molar-refractivity contribution in [2.75, 3.05) is 25.0 Å². The molecule has 3 aliphatic rings. The van der Waals surface area contributed by atoms with E-state index >= 15 is 0 Å². The van der Waals surface area contributed by atoms with E-state index in [1.54, 1.807) is 0 Å². The number of piperidine rings is 1. The minimum absolute atomic E-state index is 0.209. The highest BCUT2D eigenvalue weighted by Gasteiger charge is 2.48. The van der Waals surface area contributed by atoms with Crippen molar-refractivity contribution in [3.05, 3.63) is 64.2 Å². The van der Waals surface area contributed by atoms with E-state index in [2.05, 4.69) is 28.4 Å². The average molecular weight is 439 g/mol. The van der Waals surface area contributed by atoms with Gasteiger partial charge < -0.3 is 15.3 Å². The van der Waals surface area contributed by atoms with Gasteiger partial charge in [-0.15, -0.1) is 0 Å². The van der Waals surface area contributed by atoms with Crippen molar-refractivity contribution in [3.8, 4) is 0 Å². The summed E-state index contributed by atoms with van der Waals surface area (Å²) < 4.78 is 0. The fraction of sp³-hybridized carbons (Fsp3) is 0.500. The van der Waals surface area contributed by atoms with Crippen LogP contribution in [-0.2, 0) is 22.2 Å². The molecule has 1 unspecified atom stereocenters. The molecule has 2 heterocycles. The van der Waals surface area contributed by atoms with Gasteiger partial charge in [0.2, 0.25) is 5.91 Å². The molecule has 164 valence electrons. The summed E-state index contributed by atoms with van der Waals surface area (Å²) in [5.74, 6) is 0.209. The molecule has 5 rings (SSSR count). The number of hydrogen-bond acceptors (Lipinski definition) is 3. The van der Waals surface area contributed by atoms with Gasteiger partial charge in [-0.2, -0.15) is 0 Å². The monoisotopic (exact) mass is 438 g/mol. The smallest absolute Gasteiger partial charge is 0.235 e. The number of anilines is 1. The van der Waals surface area contributed by atoms with Crippen LogP contribution < -0.4 is 5.32 Å². The summed E-state index contributed by atoms with van der Waals surface area (Å²) in [6.45, 7) is 2.83. The van der Waals surface area contributed by atoms with Gasteiger partial charge in [0.15, 0.2) is 0 Å². The fourth-order valence-corrected chi connectivity index (χ4v) is 6.10. The van der Waals surface area contributed by atoms with Crippen LogP contribution in [-0.4, -0.2) is 35.5 Å². The number of rotatable bonds is 6. The van der Waals surface area contributed by atoms with Crippen molar-refractivity contribution < 1.29 is 9.90 Å². The number of nitrogens with one attached hydrogen (secondary N) is 1. The van der Waals surface area contributed by atoms with Crippen LogP contribution in [0.3, 0.4) is 0 Å². The molecule has 31 heavy (non-hydrogen) atoms. The maximum absolute atomic E-state index is 12.9. The number of nitrogens with zero attached hydrogens (tertiary/aromatic N) is 1. The SMILES string of the molecule is O=C1Nc2cccc3c2C1(CCCCN1CCC(O)(c2ccc(Cl)cc2)CC1)CCC3. The molecular formula is C26H31ClN2O2. The fourth-order valence-electron chi connectivity index (χ4n) is 5.97. The van der Waals surface area contributed by atoms with Crippen molar-refractivity contribution in [3.63, 3.8) is 0 Å². The van der Waals surface area contributed by atoms with E-state index in [1.165, 1.54) is 11.1 Å². The minimum Gasteiger partial charge on any atom is -0.385 e. The highest BCUT2D eigenvalue weighted by molar-refractivity contribution is 6.30. The molecule has 2 aromatic rings. The number of halogens is 1. The first-order valence-corrected chi connectivity index (χ1v) is 12.0. The lowest BCUT2D eigenvalue weighted by atomic mass is 9.68. The molecule has 4 nitrogen and oxygen atoms in total. The quantitative estimate of drug-likeness (QED) is 0.622. The molecule has 2 aliphatic heterocycles. The molecule has 0 bridgehead atoms. The maximum atomic E-state index is 12.9. The van der Waals surface area contributed by atoms with Crippen molar-refractivity contribution in [2.24, 2.45) is 0 Å². The standard InChI is InChI=1S/C26H31ClN2O2/c27-21-10-8-20(9-11-21)26(31)14-17-29(18-15-26)16-2-1-12-25-13-4-6-19-5-3-7-22(23(19)25)28-24(25)30/h3,5,7-11,31H,1-2,4,6,12-18H2,(H,28,30). The van der Waals surface area contributed by atoms with E-state index in [1.807, 2.05) is 24.3 Å². The molecule has 0 saturated carbocycles. The first kappa shape index (κ1) is 21.0. The van der Waals surface area contributed by atoms with Gasteiger partial charge in [0, 0.05) is 23.8 Å². The second-order valence-electron chi connectivity index (χ2n) is 9.57. The van der Waals surface area contributed by atoms with Crippen molar-refractivity contribution >= 4 is 23.2 Å². The molecular weight excluding hydrogens is 408 g/mol. The predicted octanol–water partition coefficient (Wildman–Crippen LogP) is 5.02. The number of benzene rings is 2. The second kappa shape index (κ2) is 8.23. The number of likely N-dealkylation sites (tertiary alicyclic amines) is 1. The van der Waals surface area contributed by atoms with E-state index < -0.39 is 5.60 Å². The summed E-state index contributed by atoms with van der Waals surface area (Å²) in [4.78, 5) is 15.4. The van der Waals surface area contributed by atoms with Crippen LogP contribution in [0.2, 0.25) is 5.02 Å². The molecule has 2 aromatic carbocycles. The Bertz CT molecular complexity index is 966. The van der Waals surface area contributed by atoms with Crippen LogP contribution in [0.1, 0.15) is 61.6 Å². The zero-order valence-corrected chi connectivity index (χ0v) is 18.8. The van der Waals surface area contributed by atoms with Gasteiger partial charge in [-0.3, -0.25) is 4.79 Å². The number of aliphatic hydroxyl groups is 1. The third kappa shape index (κ3) is 3.79. The molecule has 0 aromatic heterocycles. The van der Waals surface area contributed by atoms with Crippen LogP contribution in [0.25, 0.3) is 0 Å². The van der Waals surface area contributed by atoms with E-state index in [9.17, 15) is 9.90 Å². The first-order valence-electron chi connectivity index (χ1n) is 11.6. The van der Waals surface area contributed by atoms with Crippen molar-refractivity contribution in [1.82, 2.24) is 4.90 Å². The third-order valence-corrected chi connectivity index (χ3v) is 8.01. The molecule has 0 radical (unpaired) electrons. The van der Waals surface area contributed by atoms with Crippen molar-refractivity contribution in [1.29, 1.82) is 0 Å². The molecule has 1 fully saturated rings. The Hall–Kier alpha value is -1.88. The Morgan fingerprint density at radius 2 is 1.81 bits per heavy atom. The summed E-state index contributed by atoms with van der Waals surface area (Å²) in [6.07, 6.45) is 7.73. The number of carbonyl (C=O) groups excluding carboxylic acids is 1. The Labute approximate surface area is 189 Å². The molecule has 5 heteroatoms. The lowest BCUT2D eigenvalue weighted by Crippen LogP contribution is -2.43. The van der Waals surface area contributed by atoms with E-state index in [0.29, 0.717) is 5.02 Å². The Morgan fingerprint density at radius 3 is 2.58 bits per heavy atom. The number of unbranched alkanes of at least 4 members (excludes halogenated alkanes) is 1. The largest absolute Gasteiger partial charge is 0.385 e. The van der Waals surface area contributed by atoms with Crippen LogP contribution in [0.5, 0.6) is 0 Å². The number of carbonyl (C=O) groups is 1. The van der Waals surface area contributed by atoms with Crippen LogP contribution in [0.15, 0.2) is 42.5 Å². The molecule has 2 N–H and O–H groups in total. The van der Waals surface area contributed by atoms with E-state index in [0.717, 1.165) is 82.3 Å². The molecule has 1 amide bonds. The van der Waals surface area contributed by atoms with Gasteiger partial charge in [-0.05, 0) is 86.4 Å². The average Bonchev–Trinajstić information content (AvgIpc) is 3.06. The zero-order chi connectivity index (χ0) is 21.5. The lowest BCUT2D eigenvalue weighted by molar-refractivity contribution is -0.121. The third-order valence-electron chi connectivity index (χ3n) is 7.75. The maximum Gasteiger partial charge on any atom is 0.235 e. The molecule has 1 aliphatic carbocycles. The Morgan fingerprint density at radius 1 is 1.03 bits per heavy atom. The number of amides is 1. The Balaban J connectivity index is 1.15.